The van der Waals surface area contributed by atoms with Gasteiger partial charge in [0.1, 0.15) is 17.7 Å². The number of carbonyl (C=O) groups is 3. The van der Waals surface area contributed by atoms with Crippen molar-refractivity contribution < 1.29 is 14.4 Å². The molecular formula is C11H11ClN4O3. The van der Waals surface area contributed by atoms with Gasteiger partial charge in [-0.05, 0) is 13.0 Å². The number of rotatable bonds is 1. The van der Waals surface area contributed by atoms with Crippen LogP contribution in [0.3, 0.4) is 0 Å². The van der Waals surface area contributed by atoms with Crippen molar-refractivity contribution in [2.24, 2.45) is 0 Å². The summed E-state index contributed by atoms with van der Waals surface area (Å²) in [6, 6.07) is 0.555. The number of hydrogen-bond donors (Lipinski definition) is 2. The molecule has 0 saturated carbocycles. The highest BCUT2D eigenvalue weighted by molar-refractivity contribution is 6.30. The summed E-state index contributed by atoms with van der Waals surface area (Å²) >= 11 is 5.71. The average Bonchev–Trinajstić information content (AvgIpc) is 2.36. The Morgan fingerprint density at radius 1 is 1.58 bits per heavy atom. The number of nitrogens with two attached hydrogens (primary N) is 1. The topological polar surface area (TPSA) is 105 Å². The van der Waals surface area contributed by atoms with E-state index < -0.39 is 23.8 Å². The molecule has 2 rings (SSSR count). The molecule has 1 aromatic heterocycles. The van der Waals surface area contributed by atoms with E-state index in [0.717, 1.165) is 4.90 Å². The van der Waals surface area contributed by atoms with Crippen LogP contribution in [0.1, 0.15) is 17.3 Å². The third-order valence-electron chi connectivity index (χ3n) is 2.82. The molecule has 1 saturated heterocycles. The van der Waals surface area contributed by atoms with Crippen LogP contribution in [0.2, 0.25) is 5.15 Å². The Kier molecular flexibility index (Phi) is 3.39. The fourth-order valence-electron chi connectivity index (χ4n) is 1.74. The lowest BCUT2D eigenvalue weighted by Gasteiger charge is -2.31. The summed E-state index contributed by atoms with van der Waals surface area (Å²) in [5, 5.41) is 2.26. The number of carbonyl (C=O) groups excluding carboxylic acids is 3. The molecule has 3 amide bonds. The summed E-state index contributed by atoms with van der Waals surface area (Å²) in [5.74, 6) is -1.59. The molecule has 3 N–H and O–H groups in total. The third-order valence-corrected chi connectivity index (χ3v) is 3.02. The number of piperazine rings is 1. The summed E-state index contributed by atoms with van der Waals surface area (Å²) in [5.41, 5.74) is 5.92. The molecule has 100 valence electrons. The zero-order chi connectivity index (χ0) is 14.2. The van der Waals surface area contributed by atoms with Gasteiger partial charge in [0, 0.05) is 0 Å². The molecule has 1 aromatic rings. The number of pyridine rings is 1. The highest BCUT2D eigenvalue weighted by Gasteiger charge is 2.34. The van der Waals surface area contributed by atoms with Gasteiger partial charge in [0.15, 0.2) is 0 Å². The SMILES string of the molecule is CC1C(=O)NC(=O)CN1C(=O)c1cc(Cl)ncc1N. The second kappa shape index (κ2) is 4.85. The lowest BCUT2D eigenvalue weighted by atomic mass is 10.1. The van der Waals surface area contributed by atoms with Gasteiger partial charge in [-0.2, -0.15) is 0 Å². The summed E-state index contributed by atoms with van der Waals surface area (Å²) in [4.78, 5) is 40.0. The minimum Gasteiger partial charge on any atom is -0.397 e. The van der Waals surface area contributed by atoms with Crippen molar-refractivity contribution in [1.29, 1.82) is 0 Å². The zero-order valence-corrected chi connectivity index (χ0v) is 10.8. The van der Waals surface area contributed by atoms with Crippen LogP contribution in [0.15, 0.2) is 12.3 Å². The van der Waals surface area contributed by atoms with Crippen LogP contribution in [-0.4, -0.2) is 40.2 Å². The molecule has 2 heterocycles. The summed E-state index contributed by atoms with van der Waals surface area (Å²) in [6.07, 6.45) is 1.26. The molecular weight excluding hydrogens is 272 g/mol. The van der Waals surface area contributed by atoms with Gasteiger partial charge >= 0.3 is 0 Å². The lowest BCUT2D eigenvalue weighted by molar-refractivity contribution is -0.138. The highest BCUT2D eigenvalue weighted by Crippen LogP contribution is 2.19. The van der Waals surface area contributed by atoms with E-state index in [1.165, 1.54) is 19.2 Å². The Labute approximate surface area is 113 Å². The molecule has 0 bridgehead atoms. The molecule has 19 heavy (non-hydrogen) atoms. The van der Waals surface area contributed by atoms with Gasteiger partial charge < -0.3 is 10.6 Å². The molecule has 0 aliphatic carbocycles. The first-order valence-electron chi connectivity index (χ1n) is 5.46. The average molecular weight is 283 g/mol. The fraction of sp³-hybridized carbons (Fsp3) is 0.273. The number of imide groups is 1. The van der Waals surface area contributed by atoms with E-state index in [-0.39, 0.29) is 22.9 Å². The highest BCUT2D eigenvalue weighted by atomic mass is 35.5. The van der Waals surface area contributed by atoms with Crippen LogP contribution < -0.4 is 11.1 Å². The van der Waals surface area contributed by atoms with E-state index in [4.69, 9.17) is 17.3 Å². The number of anilines is 1. The predicted molar refractivity (Wildman–Crippen MR) is 67.3 cm³/mol. The number of halogens is 1. The molecule has 1 aliphatic heterocycles. The van der Waals surface area contributed by atoms with E-state index >= 15 is 0 Å². The second-order valence-electron chi connectivity index (χ2n) is 4.12. The smallest absolute Gasteiger partial charge is 0.257 e. The zero-order valence-electron chi connectivity index (χ0n) is 10.0. The molecule has 7 nitrogen and oxygen atoms in total. The molecule has 1 fully saturated rings. The maximum atomic E-state index is 12.3. The Balaban J connectivity index is 2.35. The Morgan fingerprint density at radius 3 is 2.95 bits per heavy atom. The van der Waals surface area contributed by atoms with Gasteiger partial charge in [0.05, 0.1) is 17.4 Å². The molecule has 0 spiro atoms. The predicted octanol–water partition coefficient (Wildman–Crippen LogP) is -0.196. The van der Waals surface area contributed by atoms with Crippen molar-refractivity contribution in [2.45, 2.75) is 13.0 Å². The number of nitrogen functional groups attached to an aromatic ring is 1. The minimum atomic E-state index is -0.753. The van der Waals surface area contributed by atoms with Gasteiger partial charge in [-0.3, -0.25) is 19.7 Å². The number of nitrogens with zero attached hydrogens (tertiary/aromatic N) is 2. The van der Waals surface area contributed by atoms with Crippen LogP contribution in [0.4, 0.5) is 5.69 Å². The van der Waals surface area contributed by atoms with Crippen molar-refractivity contribution >= 4 is 35.0 Å². The molecule has 1 aliphatic rings. The van der Waals surface area contributed by atoms with Gasteiger partial charge in [0.2, 0.25) is 11.8 Å². The molecule has 1 atom stereocenters. The van der Waals surface area contributed by atoms with Crippen molar-refractivity contribution in [2.75, 3.05) is 12.3 Å². The van der Waals surface area contributed by atoms with Crippen LogP contribution in [0.5, 0.6) is 0 Å². The fourth-order valence-corrected chi connectivity index (χ4v) is 1.90. The van der Waals surface area contributed by atoms with Gasteiger partial charge in [0.25, 0.3) is 5.91 Å². The van der Waals surface area contributed by atoms with Crippen LogP contribution in [0, 0.1) is 0 Å². The third kappa shape index (κ3) is 2.50. The largest absolute Gasteiger partial charge is 0.397 e. The molecule has 0 aromatic carbocycles. The van der Waals surface area contributed by atoms with Crippen molar-refractivity contribution in [3.8, 4) is 0 Å². The van der Waals surface area contributed by atoms with E-state index in [9.17, 15) is 14.4 Å². The first-order chi connectivity index (χ1) is 8.90. The minimum absolute atomic E-state index is 0.109. The molecule has 1 unspecified atom stereocenters. The monoisotopic (exact) mass is 282 g/mol. The van der Waals surface area contributed by atoms with Crippen molar-refractivity contribution in [3.05, 3.63) is 23.0 Å². The second-order valence-corrected chi connectivity index (χ2v) is 4.50. The number of hydrogen-bond acceptors (Lipinski definition) is 5. The maximum Gasteiger partial charge on any atom is 0.257 e. The van der Waals surface area contributed by atoms with Crippen LogP contribution in [0.25, 0.3) is 0 Å². The van der Waals surface area contributed by atoms with E-state index in [0.29, 0.717) is 0 Å². The summed E-state index contributed by atoms with van der Waals surface area (Å²) in [6.45, 7) is 1.32. The van der Waals surface area contributed by atoms with Gasteiger partial charge in [-0.1, -0.05) is 11.6 Å². The Hall–Kier alpha value is -2.15. The standard InChI is InChI=1S/C11H11ClN4O3/c1-5-10(18)15-9(17)4-16(5)11(19)6-2-8(12)14-3-7(6)13/h2-3,5H,4,13H2,1H3,(H,15,17,18). The molecule has 0 radical (unpaired) electrons. The maximum absolute atomic E-state index is 12.3. The molecule has 8 heteroatoms. The number of aromatic nitrogens is 1. The van der Waals surface area contributed by atoms with Crippen molar-refractivity contribution in [1.82, 2.24) is 15.2 Å². The number of amides is 3. The van der Waals surface area contributed by atoms with Gasteiger partial charge in [-0.25, -0.2) is 4.98 Å². The van der Waals surface area contributed by atoms with E-state index in [1.807, 2.05) is 0 Å². The van der Waals surface area contributed by atoms with Crippen LogP contribution in [-0.2, 0) is 9.59 Å². The number of nitrogens with one attached hydrogen (secondary N) is 1. The normalized spacial score (nSPS) is 19.3. The van der Waals surface area contributed by atoms with Gasteiger partial charge in [-0.15, -0.1) is 0 Å². The van der Waals surface area contributed by atoms with Crippen LogP contribution >= 0.6 is 11.6 Å². The quantitative estimate of drug-likeness (QED) is 0.548. The summed E-state index contributed by atoms with van der Waals surface area (Å²) in [7, 11) is 0. The first-order valence-corrected chi connectivity index (χ1v) is 5.83. The van der Waals surface area contributed by atoms with E-state index in [2.05, 4.69) is 10.3 Å². The lowest BCUT2D eigenvalue weighted by Crippen LogP contribution is -2.58. The van der Waals surface area contributed by atoms with Crippen molar-refractivity contribution in [3.63, 3.8) is 0 Å². The Morgan fingerprint density at radius 2 is 2.26 bits per heavy atom. The van der Waals surface area contributed by atoms with E-state index in [1.54, 1.807) is 0 Å². The summed E-state index contributed by atoms with van der Waals surface area (Å²) < 4.78 is 0. The Bertz CT molecular complexity index is 575. The first kappa shape index (κ1) is 13.3.